The van der Waals surface area contributed by atoms with E-state index in [1.54, 1.807) is 14.2 Å². The van der Waals surface area contributed by atoms with Crippen molar-refractivity contribution in [2.75, 3.05) is 20.7 Å². The monoisotopic (exact) mass is 519 g/mol. The Morgan fingerprint density at radius 1 is 1.10 bits per heavy atom. The Balaban J connectivity index is 0.00000320. The molecule has 0 saturated carbocycles. The molecule has 3 rings (SSSR count). The highest BCUT2D eigenvalue weighted by atomic mass is 127. The number of aliphatic imine (C=N–C) groups is 1. The molecule has 0 aliphatic heterocycles. The van der Waals surface area contributed by atoms with Gasteiger partial charge in [-0.25, -0.2) is 4.98 Å². The molecule has 0 atom stereocenters. The molecular weight excluding hydrogens is 489 g/mol. The van der Waals surface area contributed by atoms with E-state index in [0.717, 1.165) is 37.0 Å². The molecular formula is C23H30IN5O. The van der Waals surface area contributed by atoms with Crippen molar-refractivity contribution in [2.24, 2.45) is 4.99 Å². The van der Waals surface area contributed by atoms with E-state index in [-0.39, 0.29) is 24.0 Å². The third-order valence-electron chi connectivity index (χ3n) is 4.83. The van der Waals surface area contributed by atoms with Crippen LogP contribution in [0.25, 0.3) is 0 Å². The van der Waals surface area contributed by atoms with Gasteiger partial charge in [0, 0.05) is 39.1 Å². The molecule has 0 fully saturated rings. The zero-order valence-electron chi connectivity index (χ0n) is 17.8. The van der Waals surface area contributed by atoms with E-state index in [1.807, 2.05) is 37.5 Å². The lowest BCUT2D eigenvalue weighted by Crippen LogP contribution is -2.37. The topological polar surface area (TPSA) is 63.5 Å². The number of aromatic nitrogens is 2. The summed E-state index contributed by atoms with van der Waals surface area (Å²) in [6.07, 6.45) is 4.71. The molecule has 0 unspecified atom stereocenters. The third-order valence-corrected chi connectivity index (χ3v) is 4.83. The van der Waals surface area contributed by atoms with Crippen LogP contribution in [-0.2, 0) is 19.5 Å². The summed E-state index contributed by atoms with van der Waals surface area (Å²) >= 11 is 0. The zero-order valence-corrected chi connectivity index (χ0v) is 20.1. The number of hydrogen-bond acceptors (Lipinski definition) is 3. The van der Waals surface area contributed by atoms with Crippen molar-refractivity contribution in [1.82, 2.24) is 20.2 Å². The second-order valence-electron chi connectivity index (χ2n) is 6.84. The van der Waals surface area contributed by atoms with E-state index >= 15 is 0 Å². The Bertz CT molecular complexity index is 954. The summed E-state index contributed by atoms with van der Waals surface area (Å²) in [6.45, 7) is 4.34. The van der Waals surface area contributed by atoms with Crippen LogP contribution in [0.3, 0.4) is 0 Å². The lowest BCUT2D eigenvalue weighted by molar-refractivity contribution is 0.409. The number of methoxy groups -OCH3 is 1. The summed E-state index contributed by atoms with van der Waals surface area (Å²) in [5.74, 6) is 2.73. The molecule has 3 aromatic rings. The summed E-state index contributed by atoms with van der Waals surface area (Å²) in [6, 6.07) is 16.7. The van der Waals surface area contributed by atoms with E-state index in [4.69, 9.17) is 4.74 Å². The molecule has 0 amide bonds. The minimum Gasteiger partial charge on any atom is -0.496 e. The maximum Gasteiger partial charge on any atom is 0.191 e. The van der Waals surface area contributed by atoms with Crippen molar-refractivity contribution >= 4 is 29.9 Å². The number of nitrogens with zero attached hydrogens (tertiary/aromatic N) is 3. The molecule has 2 aromatic carbocycles. The third kappa shape index (κ3) is 6.76. The average molecular weight is 519 g/mol. The van der Waals surface area contributed by atoms with Crippen LogP contribution >= 0.6 is 24.0 Å². The number of para-hydroxylation sites is 1. The number of nitrogens with one attached hydrogen (secondary N) is 2. The second kappa shape index (κ2) is 12.2. The van der Waals surface area contributed by atoms with E-state index in [9.17, 15) is 0 Å². The van der Waals surface area contributed by atoms with E-state index in [2.05, 4.69) is 55.5 Å². The smallest absolute Gasteiger partial charge is 0.191 e. The maximum absolute atomic E-state index is 5.41. The molecule has 0 saturated heterocycles. The van der Waals surface area contributed by atoms with Gasteiger partial charge in [-0.15, -0.1) is 24.0 Å². The van der Waals surface area contributed by atoms with E-state index in [1.165, 1.54) is 16.7 Å². The van der Waals surface area contributed by atoms with Crippen LogP contribution in [-0.4, -0.2) is 36.2 Å². The molecule has 0 radical (unpaired) electrons. The van der Waals surface area contributed by atoms with Crippen molar-refractivity contribution < 1.29 is 4.74 Å². The fourth-order valence-electron chi connectivity index (χ4n) is 3.24. The molecule has 6 nitrogen and oxygen atoms in total. The predicted octanol–water partition coefficient (Wildman–Crippen LogP) is 3.77. The molecule has 0 spiro atoms. The van der Waals surface area contributed by atoms with E-state index < -0.39 is 0 Å². The minimum absolute atomic E-state index is 0. The SMILES string of the molecule is CN=C(NCCc1ccccc1OC)NCc1cccc(Cn2ccnc2C)c1.I. The minimum atomic E-state index is 0. The van der Waals surface area contributed by atoms with Gasteiger partial charge in [-0.1, -0.05) is 42.5 Å². The summed E-state index contributed by atoms with van der Waals surface area (Å²) in [4.78, 5) is 8.61. The number of benzene rings is 2. The normalized spacial score (nSPS) is 11.0. The summed E-state index contributed by atoms with van der Waals surface area (Å²) < 4.78 is 7.55. The van der Waals surface area contributed by atoms with Crippen LogP contribution in [0.2, 0.25) is 0 Å². The van der Waals surface area contributed by atoms with Gasteiger partial charge in [-0.05, 0) is 36.1 Å². The van der Waals surface area contributed by atoms with Crippen LogP contribution in [0.1, 0.15) is 22.5 Å². The molecule has 0 aliphatic carbocycles. The van der Waals surface area contributed by atoms with Crippen LogP contribution in [0, 0.1) is 6.92 Å². The molecule has 0 aliphatic rings. The van der Waals surface area contributed by atoms with Gasteiger partial charge in [-0.3, -0.25) is 4.99 Å². The number of hydrogen-bond donors (Lipinski definition) is 2. The fraction of sp³-hybridized carbons (Fsp3) is 0.304. The van der Waals surface area contributed by atoms with Gasteiger partial charge in [0.15, 0.2) is 5.96 Å². The van der Waals surface area contributed by atoms with Gasteiger partial charge in [0.05, 0.1) is 7.11 Å². The Morgan fingerprint density at radius 3 is 2.63 bits per heavy atom. The largest absolute Gasteiger partial charge is 0.496 e. The van der Waals surface area contributed by atoms with Crippen molar-refractivity contribution in [3.63, 3.8) is 0 Å². The number of aryl methyl sites for hydroxylation is 1. The number of halogens is 1. The number of rotatable bonds is 8. The van der Waals surface area contributed by atoms with Crippen molar-refractivity contribution in [3.05, 3.63) is 83.4 Å². The standard InChI is InChI=1S/C23H29N5O.HI/c1-18-25-13-14-28(18)17-20-8-6-7-19(15-20)16-27-23(24-2)26-12-11-21-9-4-5-10-22(21)29-3;/h4-10,13-15H,11-12,16-17H2,1-3H3,(H2,24,26,27);1H. The van der Waals surface area contributed by atoms with Crippen LogP contribution in [0.15, 0.2) is 65.9 Å². The Hall–Kier alpha value is -2.55. The Labute approximate surface area is 195 Å². The number of ether oxygens (including phenoxy) is 1. The molecule has 2 N–H and O–H groups in total. The highest BCUT2D eigenvalue weighted by molar-refractivity contribution is 14.0. The molecule has 30 heavy (non-hydrogen) atoms. The lowest BCUT2D eigenvalue weighted by Gasteiger charge is -2.14. The van der Waals surface area contributed by atoms with Crippen molar-refractivity contribution in [1.29, 1.82) is 0 Å². The van der Waals surface area contributed by atoms with Gasteiger partial charge in [0.2, 0.25) is 0 Å². The first-order valence-electron chi connectivity index (χ1n) is 9.81. The summed E-state index contributed by atoms with van der Waals surface area (Å²) in [7, 11) is 3.49. The Kier molecular flexibility index (Phi) is 9.66. The van der Waals surface area contributed by atoms with Gasteiger partial charge < -0.3 is 19.9 Å². The molecule has 1 heterocycles. The van der Waals surface area contributed by atoms with Gasteiger partial charge in [0.1, 0.15) is 11.6 Å². The number of imidazole rings is 1. The maximum atomic E-state index is 5.41. The second-order valence-corrected chi connectivity index (χ2v) is 6.84. The number of guanidine groups is 1. The van der Waals surface area contributed by atoms with Crippen molar-refractivity contribution in [2.45, 2.75) is 26.4 Å². The first kappa shape index (κ1) is 23.7. The molecule has 1 aromatic heterocycles. The summed E-state index contributed by atoms with van der Waals surface area (Å²) in [5, 5.41) is 6.76. The Morgan fingerprint density at radius 2 is 1.90 bits per heavy atom. The first-order valence-corrected chi connectivity index (χ1v) is 9.81. The quantitative estimate of drug-likeness (QED) is 0.270. The van der Waals surface area contributed by atoms with E-state index in [0.29, 0.717) is 6.54 Å². The van der Waals surface area contributed by atoms with Gasteiger partial charge in [0.25, 0.3) is 0 Å². The first-order chi connectivity index (χ1) is 14.2. The van der Waals surface area contributed by atoms with Crippen molar-refractivity contribution in [3.8, 4) is 5.75 Å². The molecule has 7 heteroatoms. The van der Waals surface area contributed by atoms with Crippen LogP contribution in [0.5, 0.6) is 5.75 Å². The zero-order chi connectivity index (χ0) is 20.5. The average Bonchev–Trinajstić information content (AvgIpc) is 3.15. The highest BCUT2D eigenvalue weighted by Gasteiger charge is 2.04. The lowest BCUT2D eigenvalue weighted by atomic mass is 10.1. The summed E-state index contributed by atoms with van der Waals surface area (Å²) in [5.41, 5.74) is 3.65. The van der Waals surface area contributed by atoms with Crippen LogP contribution < -0.4 is 15.4 Å². The fourth-order valence-corrected chi connectivity index (χ4v) is 3.24. The van der Waals surface area contributed by atoms with Gasteiger partial charge >= 0.3 is 0 Å². The van der Waals surface area contributed by atoms with Gasteiger partial charge in [-0.2, -0.15) is 0 Å². The molecule has 160 valence electrons. The highest BCUT2D eigenvalue weighted by Crippen LogP contribution is 2.17. The molecule has 0 bridgehead atoms. The van der Waals surface area contributed by atoms with Crippen LogP contribution in [0.4, 0.5) is 0 Å². The predicted molar refractivity (Wildman–Crippen MR) is 133 cm³/mol.